The van der Waals surface area contributed by atoms with Gasteiger partial charge in [0.05, 0.1) is 17.8 Å². The van der Waals surface area contributed by atoms with E-state index < -0.39 is 0 Å². The van der Waals surface area contributed by atoms with Crippen LogP contribution in [0.1, 0.15) is 64.0 Å². The van der Waals surface area contributed by atoms with Crippen molar-refractivity contribution in [3.63, 3.8) is 0 Å². The molecule has 0 amide bonds. The molecule has 24 heavy (non-hydrogen) atoms. The highest BCUT2D eigenvalue weighted by molar-refractivity contribution is 5.85. The number of likely N-dealkylation sites (tertiary alicyclic amines) is 1. The molecule has 1 aliphatic rings. The topological polar surface area (TPSA) is 24.8 Å². The number of nitrogens with zero attached hydrogens (tertiary/aromatic N) is 2. The van der Waals surface area contributed by atoms with E-state index in [0.717, 1.165) is 31.1 Å². The van der Waals surface area contributed by atoms with E-state index in [2.05, 4.69) is 57.7 Å². The zero-order valence-electron chi connectivity index (χ0n) is 16.1. The molecule has 0 N–H and O–H groups in total. The van der Waals surface area contributed by atoms with Crippen molar-refractivity contribution < 1.29 is 4.74 Å². The molecular formula is C21H34N2O. The highest BCUT2D eigenvalue weighted by atomic mass is 16.5. The SMILES string of the molecule is CCCCN1CCCCC1C(=Nc1c(C)cccc1C)OC(C)C. The molecule has 0 bridgehead atoms. The van der Waals surface area contributed by atoms with Crippen molar-refractivity contribution in [3.8, 4) is 0 Å². The van der Waals surface area contributed by atoms with Gasteiger partial charge in [-0.25, -0.2) is 4.99 Å². The highest BCUT2D eigenvalue weighted by Gasteiger charge is 2.28. The van der Waals surface area contributed by atoms with Crippen LogP contribution in [0.3, 0.4) is 0 Å². The average Bonchev–Trinajstić information content (AvgIpc) is 2.55. The van der Waals surface area contributed by atoms with E-state index in [0.29, 0.717) is 6.04 Å². The molecule has 2 rings (SSSR count). The summed E-state index contributed by atoms with van der Waals surface area (Å²) in [6.07, 6.45) is 6.34. The predicted molar refractivity (Wildman–Crippen MR) is 103 cm³/mol. The van der Waals surface area contributed by atoms with Crippen molar-refractivity contribution in [2.75, 3.05) is 13.1 Å². The monoisotopic (exact) mass is 330 g/mol. The van der Waals surface area contributed by atoms with Gasteiger partial charge in [-0.2, -0.15) is 0 Å². The first kappa shape index (κ1) is 19.0. The van der Waals surface area contributed by atoms with Gasteiger partial charge >= 0.3 is 0 Å². The largest absolute Gasteiger partial charge is 0.477 e. The molecule has 3 nitrogen and oxygen atoms in total. The Kier molecular flexibility index (Phi) is 7.29. The summed E-state index contributed by atoms with van der Waals surface area (Å²) in [6.45, 7) is 13.0. The maximum atomic E-state index is 6.22. The summed E-state index contributed by atoms with van der Waals surface area (Å²) in [5, 5.41) is 0. The van der Waals surface area contributed by atoms with E-state index in [-0.39, 0.29) is 6.10 Å². The Balaban J connectivity index is 2.34. The van der Waals surface area contributed by atoms with Crippen molar-refractivity contribution in [3.05, 3.63) is 29.3 Å². The minimum atomic E-state index is 0.156. The molecule has 1 aromatic carbocycles. The smallest absolute Gasteiger partial charge is 0.206 e. The van der Waals surface area contributed by atoms with E-state index in [1.54, 1.807) is 0 Å². The van der Waals surface area contributed by atoms with Gasteiger partial charge < -0.3 is 4.74 Å². The third-order valence-corrected chi connectivity index (χ3v) is 4.72. The van der Waals surface area contributed by atoms with Crippen LogP contribution in [0.15, 0.2) is 23.2 Å². The molecule has 134 valence electrons. The van der Waals surface area contributed by atoms with E-state index in [1.165, 1.54) is 36.8 Å². The molecule has 3 heteroatoms. The number of hydrogen-bond acceptors (Lipinski definition) is 3. The molecule has 1 heterocycles. The lowest BCUT2D eigenvalue weighted by atomic mass is 10.0. The van der Waals surface area contributed by atoms with Gasteiger partial charge in [0, 0.05) is 0 Å². The fourth-order valence-electron chi connectivity index (χ4n) is 3.41. The number of hydrogen-bond donors (Lipinski definition) is 0. The van der Waals surface area contributed by atoms with Crippen molar-refractivity contribution in [1.29, 1.82) is 0 Å². The van der Waals surface area contributed by atoms with E-state index >= 15 is 0 Å². The zero-order valence-corrected chi connectivity index (χ0v) is 16.1. The van der Waals surface area contributed by atoms with Gasteiger partial charge in [-0.1, -0.05) is 38.0 Å². The third-order valence-electron chi connectivity index (χ3n) is 4.72. The van der Waals surface area contributed by atoms with E-state index in [1.807, 2.05) is 0 Å². The second kappa shape index (κ2) is 9.22. The van der Waals surface area contributed by atoms with Gasteiger partial charge in [0.1, 0.15) is 0 Å². The van der Waals surface area contributed by atoms with Crippen LogP contribution in [0, 0.1) is 13.8 Å². The average molecular weight is 331 g/mol. The fraction of sp³-hybridized carbons (Fsp3) is 0.667. The second-order valence-corrected chi connectivity index (χ2v) is 7.26. The number of rotatable bonds is 6. The van der Waals surface area contributed by atoms with Gasteiger partial charge in [-0.05, 0) is 71.2 Å². The van der Waals surface area contributed by atoms with Gasteiger partial charge in [-0.15, -0.1) is 0 Å². The van der Waals surface area contributed by atoms with Gasteiger partial charge in [0.25, 0.3) is 0 Å². The van der Waals surface area contributed by atoms with Crippen LogP contribution < -0.4 is 0 Å². The van der Waals surface area contributed by atoms with Crippen molar-refractivity contribution in [2.24, 2.45) is 4.99 Å². The number of para-hydroxylation sites is 1. The minimum Gasteiger partial charge on any atom is -0.477 e. The standard InChI is InChI=1S/C21H34N2O/c1-6-7-14-23-15-9-8-13-19(23)21(24-16(2)3)22-20-17(4)11-10-12-18(20)5/h10-12,16,19H,6-9,13-15H2,1-5H3. The normalized spacial score (nSPS) is 19.8. The van der Waals surface area contributed by atoms with E-state index in [4.69, 9.17) is 9.73 Å². The molecule has 1 saturated heterocycles. The Hall–Kier alpha value is -1.35. The summed E-state index contributed by atoms with van der Waals surface area (Å²) in [5.74, 6) is 0.915. The first-order valence-electron chi connectivity index (χ1n) is 9.58. The number of ether oxygens (including phenoxy) is 1. The molecule has 1 unspecified atom stereocenters. The summed E-state index contributed by atoms with van der Waals surface area (Å²) in [6, 6.07) is 6.69. The maximum absolute atomic E-state index is 6.22. The van der Waals surface area contributed by atoms with Crippen LogP contribution in [0.4, 0.5) is 5.69 Å². The second-order valence-electron chi connectivity index (χ2n) is 7.26. The molecule has 1 aromatic rings. The van der Waals surface area contributed by atoms with E-state index in [9.17, 15) is 0 Å². The Bertz CT molecular complexity index is 531. The third kappa shape index (κ3) is 5.07. The Morgan fingerprint density at radius 1 is 1.25 bits per heavy atom. The molecule has 0 aromatic heterocycles. The maximum Gasteiger partial charge on any atom is 0.206 e. The van der Waals surface area contributed by atoms with Crippen LogP contribution in [-0.4, -0.2) is 36.0 Å². The van der Waals surface area contributed by atoms with Crippen LogP contribution in [0.5, 0.6) is 0 Å². The van der Waals surface area contributed by atoms with Gasteiger partial charge in [-0.3, -0.25) is 4.90 Å². The first-order chi connectivity index (χ1) is 11.5. The number of aliphatic imine (C=N–C) groups is 1. The van der Waals surface area contributed by atoms with Crippen molar-refractivity contribution >= 4 is 11.6 Å². The summed E-state index contributed by atoms with van der Waals surface area (Å²) in [7, 11) is 0. The summed E-state index contributed by atoms with van der Waals surface area (Å²) < 4.78 is 6.22. The lowest BCUT2D eigenvalue weighted by Crippen LogP contribution is -2.46. The lowest BCUT2D eigenvalue weighted by Gasteiger charge is -2.36. The molecule has 0 spiro atoms. The summed E-state index contributed by atoms with van der Waals surface area (Å²) >= 11 is 0. The summed E-state index contributed by atoms with van der Waals surface area (Å²) in [5.41, 5.74) is 3.51. The molecule has 1 aliphatic heterocycles. The van der Waals surface area contributed by atoms with Crippen LogP contribution in [0.25, 0.3) is 0 Å². The quantitative estimate of drug-likeness (QED) is 0.514. The van der Waals surface area contributed by atoms with Crippen LogP contribution in [-0.2, 0) is 4.74 Å². The van der Waals surface area contributed by atoms with Gasteiger partial charge in [0.2, 0.25) is 5.90 Å². The zero-order chi connectivity index (χ0) is 17.5. The predicted octanol–water partition coefficient (Wildman–Crippen LogP) is 5.41. The first-order valence-corrected chi connectivity index (χ1v) is 9.58. The molecule has 0 aliphatic carbocycles. The molecule has 0 saturated carbocycles. The lowest BCUT2D eigenvalue weighted by molar-refractivity contribution is 0.141. The Morgan fingerprint density at radius 2 is 1.96 bits per heavy atom. The van der Waals surface area contributed by atoms with Gasteiger partial charge in [0.15, 0.2) is 0 Å². The van der Waals surface area contributed by atoms with Crippen molar-refractivity contribution in [1.82, 2.24) is 4.90 Å². The van der Waals surface area contributed by atoms with Crippen molar-refractivity contribution in [2.45, 2.75) is 78.9 Å². The molecular weight excluding hydrogens is 296 g/mol. The molecule has 1 fully saturated rings. The Labute approximate surface area is 148 Å². The number of aryl methyl sites for hydroxylation is 2. The fourth-order valence-corrected chi connectivity index (χ4v) is 3.41. The van der Waals surface area contributed by atoms with Crippen LogP contribution in [0.2, 0.25) is 0 Å². The molecule has 0 radical (unpaired) electrons. The summed E-state index contributed by atoms with van der Waals surface area (Å²) in [4.78, 5) is 7.62. The Morgan fingerprint density at radius 3 is 2.58 bits per heavy atom. The number of unbranched alkanes of at least 4 members (excludes halogenated alkanes) is 1. The molecule has 1 atom stereocenters. The van der Waals surface area contributed by atoms with Crippen LogP contribution >= 0.6 is 0 Å². The minimum absolute atomic E-state index is 0.156. The highest BCUT2D eigenvalue weighted by Crippen LogP contribution is 2.27. The number of benzene rings is 1. The number of piperidine rings is 1.